The minimum Gasteiger partial charge on any atom is -0.508 e. The predicted molar refractivity (Wildman–Crippen MR) is 129 cm³/mol. The summed E-state index contributed by atoms with van der Waals surface area (Å²) in [7, 11) is 0. The Bertz CT molecular complexity index is 1300. The molecule has 0 aliphatic carbocycles. The average molecular weight is 558 g/mol. The van der Waals surface area contributed by atoms with Crippen molar-refractivity contribution in [1.82, 2.24) is 0 Å². The number of rotatable bonds is 4. The van der Waals surface area contributed by atoms with Crippen LogP contribution in [0.5, 0.6) is 11.5 Å². The van der Waals surface area contributed by atoms with Crippen LogP contribution in [-0.2, 0) is 0 Å². The van der Waals surface area contributed by atoms with Crippen molar-refractivity contribution in [2.24, 2.45) is 0 Å². The van der Waals surface area contributed by atoms with Gasteiger partial charge in [-0.25, -0.2) is 8.78 Å². The first-order valence-electron chi connectivity index (χ1n) is 9.64. The highest BCUT2D eigenvalue weighted by Crippen LogP contribution is 2.22. The summed E-state index contributed by atoms with van der Waals surface area (Å²) in [5.41, 5.74) is 0.780. The molecule has 4 rings (SSSR count). The minimum absolute atomic E-state index is 0.0354. The third-order valence-corrected chi connectivity index (χ3v) is 5.44. The Hall–Kier alpha value is -3.59. The molecule has 0 aliphatic heterocycles. The van der Waals surface area contributed by atoms with Crippen molar-refractivity contribution in [1.29, 1.82) is 0 Å². The maximum absolute atomic E-state index is 13.4. The number of aromatic hydroxyl groups is 2. The second kappa shape index (κ2) is 10.8. The van der Waals surface area contributed by atoms with Gasteiger partial charge in [0.2, 0.25) is 0 Å². The van der Waals surface area contributed by atoms with E-state index in [0.717, 1.165) is 0 Å². The van der Waals surface area contributed by atoms with E-state index in [1.54, 1.807) is 12.1 Å². The lowest BCUT2D eigenvalue weighted by Gasteiger charge is -2.04. The van der Waals surface area contributed by atoms with Crippen molar-refractivity contribution in [3.8, 4) is 11.5 Å². The molecule has 0 aromatic heterocycles. The first-order valence-corrected chi connectivity index (χ1v) is 10.7. The molecule has 0 spiro atoms. The molecule has 0 aliphatic rings. The molecule has 0 saturated carbocycles. The van der Waals surface area contributed by atoms with Gasteiger partial charge in [-0.3, -0.25) is 9.59 Å². The van der Waals surface area contributed by atoms with Gasteiger partial charge >= 0.3 is 0 Å². The maximum atomic E-state index is 13.4. The summed E-state index contributed by atoms with van der Waals surface area (Å²) in [5.74, 6) is -1.68. The van der Waals surface area contributed by atoms with Gasteiger partial charge in [0.15, 0.2) is 11.6 Å². The van der Waals surface area contributed by atoms with Crippen molar-refractivity contribution >= 4 is 34.2 Å². The van der Waals surface area contributed by atoms with Gasteiger partial charge < -0.3 is 10.2 Å². The zero-order valence-electron chi connectivity index (χ0n) is 17.0. The summed E-state index contributed by atoms with van der Waals surface area (Å²) in [6, 6.07) is 21.8. The van der Waals surface area contributed by atoms with Gasteiger partial charge in [0.05, 0.1) is 14.7 Å². The van der Waals surface area contributed by atoms with Crippen molar-refractivity contribution in [3.05, 3.63) is 128 Å². The largest absolute Gasteiger partial charge is 0.508 e. The lowest BCUT2D eigenvalue weighted by Crippen LogP contribution is -2.04. The van der Waals surface area contributed by atoms with E-state index < -0.39 is 17.4 Å². The number of phenols is 2. The third-order valence-electron chi connectivity index (χ3n) is 4.58. The summed E-state index contributed by atoms with van der Waals surface area (Å²) < 4.78 is 27.3. The summed E-state index contributed by atoms with van der Waals surface area (Å²) in [6.07, 6.45) is 0. The molecular weight excluding hydrogens is 541 g/mol. The number of hydrogen-bond donors (Lipinski definition) is 2. The van der Waals surface area contributed by atoms with Crippen molar-refractivity contribution in [2.75, 3.05) is 0 Å². The Labute approximate surface area is 202 Å². The second-order valence-electron chi connectivity index (χ2n) is 6.83. The van der Waals surface area contributed by atoms with Crippen LogP contribution < -0.4 is 0 Å². The van der Waals surface area contributed by atoms with E-state index in [0.29, 0.717) is 14.7 Å². The number of carbonyl (C=O) groups excluding carboxylic acids is 2. The number of benzene rings is 4. The number of carbonyl (C=O) groups is 2. The van der Waals surface area contributed by atoms with Gasteiger partial charge in [-0.2, -0.15) is 0 Å². The van der Waals surface area contributed by atoms with Gasteiger partial charge in [-0.05, 0) is 89.3 Å². The van der Waals surface area contributed by atoms with Gasteiger partial charge in [0.25, 0.3) is 0 Å². The van der Waals surface area contributed by atoms with Crippen LogP contribution in [0.1, 0.15) is 31.8 Å². The molecule has 0 atom stereocenters. The predicted octanol–water partition coefficient (Wildman–Crippen LogP) is 6.13. The standard InChI is InChI=1S/C13H8FIO2.C13H9FO2/c14-10-4-2-1-3-9(10)13(17)8-5-6-12(16)11(15)7-8;14-12-4-2-1-3-11(12)13(16)9-5-7-10(15)8-6-9/h1-7,16H;1-8,15H. The van der Waals surface area contributed by atoms with Gasteiger partial charge in [0.1, 0.15) is 23.1 Å². The monoisotopic (exact) mass is 558 g/mol. The van der Waals surface area contributed by atoms with E-state index in [1.165, 1.54) is 78.9 Å². The number of phenolic OH excluding ortho intramolecular Hbond substituents is 2. The van der Waals surface area contributed by atoms with Crippen LogP contribution in [-0.4, -0.2) is 21.8 Å². The van der Waals surface area contributed by atoms with Crippen LogP contribution in [0, 0.1) is 15.2 Å². The van der Waals surface area contributed by atoms with Crippen molar-refractivity contribution < 1.29 is 28.6 Å². The average Bonchev–Trinajstić information content (AvgIpc) is 2.81. The molecule has 0 unspecified atom stereocenters. The molecule has 4 aromatic carbocycles. The first kappa shape index (κ1) is 24.1. The Morgan fingerprint density at radius 2 is 1.09 bits per heavy atom. The fourth-order valence-corrected chi connectivity index (χ4v) is 3.38. The molecule has 4 aromatic rings. The number of halogens is 3. The molecule has 0 saturated heterocycles. The highest BCUT2D eigenvalue weighted by Gasteiger charge is 2.14. The zero-order chi connectivity index (χ0) is 24.0. The van der Waals surface area contributed by atoms with E-state index in [4.69, 9.17) is 5.11 Å². The minimum atomic E-state index is -0.541. The first-order chi connectivity index (χ1) is 15.8. The number of hydrogen-bond acceptors (Lipinski definition) is 4. The Balaban J connectivity index is 0.000000186. The molecule has 0 heterocycles. The third kappa shape index (κ3) is 6.01. The lowest BCUT2D eigenvalue weighted by molar-refractivity contribution is 0.102. The van der Waals surface area contributed by atoms with Crippen molar-refractivity contribution in [3.63, 3.8) is 0 Å². The summed E-state index contributed by atoms with van der Waals surface area (Å²) in [4.78, 5) is 23.9. The molecule has 0 fully saturated rings. The second-order valence-corrected chi connectivity index (χ2v) is 7.99. The quantitative estimate of drug-likeness (QED) is 0.234. The van der Waals surface area contributed by atoms with Gasteiger partial charge in [-0.15, -0.1) is 0 Å². The van der Waals surface area contributed by atoms with E-state index in [9.17, 15) is 23.5 Å². The molecule has 2 N–H and O–H groups in total. The van der Waals surface area contributed by atoms with E-state index >= 15 is 0 Å². The van der Waals surface area contributed by atoms with E-state index in [-0.39, 0.29) is 28.4 Å². The Morgan fingerprint density at radius 3 is 1.58 bits per heavy atom. The van der Waals surface area contributed by atoms with Gasteiger partial charge in [0, 0.05) is 11.1 Å². The molecule has 7 heteroatoms. The molecule has 166 valence electrons. The molecule has 0 radical (unpaired) electrons. The van der Waals surface area contributed by atoms with Crippen LogP contribution in [0.3, 0.4) is 0 Å². The fraction of sp³-hybridized carbons (Fsp3) is 0. The number of ketones is 2. The van der Waals surface area contributed by atoms with Crippen LogP contribution in [0.4, 0.5) is 8.78 Å². The van der Waals surface area contributed by atoms with Gasteiger partial charge in [-0.1, -0.05) is 24.3 Å². The topological polar surface area (TPSA) is 74.6 Å². The van der Waals surface area contributed by atoms with Crippen LogP contribution >= 0.6 is 22.6 Å². The SMILES string of the molecule is O=C(c1ccc(O)c(I)c1)c1ccccc1F.O=C(c1ccc(O)cc1)c1ccccc1F. The molecule has 4 nitrogen and oxygen atoms in total. The smallest absolute Gasteiger partial charge is 0.196 e. The normalized spacial score (nSPS) is 10.2. The highest BCUT2D eigenvalue weighted by atomic mass is 127. The fourth-order valence-electron chi connectivity index (χ4n) is 2.86. The van der Waals surface area contributed by atoms with Crippen LogP contribution in [0.25, 0.3) is 0 Å². The molecular formula is C26H17F2IO4. The summed E-state index contributed by atoms with van der Waals surface area (Å²) >= 11 is 1.92. The Morgan fingerprint density at radius 1 is 0.636 bits per heavy atom. The summed E-state index contributed by atoms with van der Waals surface area (Å²) in [6.45, 7) is 0. The maximum Gasteiger partial charge on any atom is 0.196 e. The van der Waals surface area contributed by atoms with E-state index in [1.807, 2.05) is 22.6 Å². The van der Waals surface area contributed by atoms with Crippen LogP contribution in [0.2, 0.25) is 0 Å². The van der Waals surface area contributed by atoms with E-state index in [2.05, 4.69) is 0 Å². The highest BCUT2D eigenvalue weighted by molar-refractivity contribution is 14.1. The lowest BCUT2D eigenvalue weighted by atomic mass is 10.0. The molecule has 0 amide bonds. The molecule has 33 heavy (non-hydrogen) atoms. The van der Waals surface area contributed by atoms with Crippen LogP contribution in [0.15, 0.2) is 91.0 Å². The Kier molecular flexibility index (Phi) is 7.89. The molecule has 0 bridgehead atoms. The summed E-state index contributed by atoms with van der Waals surface area (Å²) in [5, 5.41) is 18.4. The van der Waals surface area contributed by atoms with Crippen molar-refractivity contribution in [2.45, 2.75) is 0 Å². The zero-order valence-corrected chi connectivity index (χ0v) is 19.2.